The highest BCUT2D eigenvalue weighted by molar-refractivity contribution is 7.17. The molecule has 3 rings (SSSR count). The number of ether oxygens (including phenoxy) is 1. The Labute approximate surface area is 131 Å². The molecular formula is C15H15N3O3S. The number of carbonyl (C=O) groups is 2. The van der Waals surface area contributed by atoms with Crippen molar-refractivity contribution in [1.82, 2.24) is 4.98 Å². The average Bonchev–Trinajstić information content (AvgIpc) is 3.04. The standard InChI is InChI=1S/C15H15N3O3S/c1-15(2)7-21-11-8(4-3-5-9(11)15)13(20)18-14-17-6-10(22-14)12(16)19/h3-6H,7H2,1-2H3,(H2,16,19)(H,17,18,20). The third-order valence-corrected chi connectivity index (χ3v) is 4.46. The number of hydrogen-bond acceptors (Lipinski definition) is 5. The highest BCUT2D eigenvalue weighted by Crippen LogP contribution is 2.40. The molecule has 0 unspecified atom stereocenters. The average molecular weight is 317 g/mol. The molecule has 0 saturated carbocycles. The number of aromatic nitrogens is 1. The van der Waals surface area contributed by atoms with Crippen molar-refractivity contribution >= 4 is 28.3 Å². The molecule has 7 heteroatoms. The molecule has 2 heterocycles. The van der Waals surface area contributed by atoms with Crippen LogP contribution in [0.25, 0.3) is 0 Å². The van der Waals surface area contributed by atoms with E-state index in [1.807, 2.05) is 12.1 Å². The molecule has 2 aromatic rings. The lowest BCUT2D eigenvalue weighted by Gasteiger charge is -2.14. The van der Waals surface area contributed by atoms with Gasteiger partial charge in [0.15, 0.2) is 5.13 Å². The number of fused-ring (bicyclic) bond motifs is 1. The summed E-state index contributed by atoms with van der Waals surface area (Å²) in [5.41, 5.74) is 6.52. The highest BCUT2D eigenvalue weighted by Gasteiger charge is 2.34. The summed E-state index contributed by atoms with van der Waals surface area (Å²) < 4.78 is 5.70. The Kier molecular flexibility index (Phi) is 3.37. The van der Waals surface area contributed by atoms with Crippen molar-refractivity contribution in [1.29, 1.82) is 0 Å². The molecule has 3 N–H and O–H groups in total. The summed E-state index contributed by atoms with van der Waals surface area (Å²) in [6.07, 6.45) is 1.34. The van der Waals surface area contributed by atoms with Crippen LogP contribution in [-0.2, 0) is 5.41 Å². The third-order valence-electron chi connectivity index (χ3n) is 3.54. The van der Waals surface area contributed by atoms with Crippen LogP contribution in [0.4, 0.5) is 5.13 Å². The number of nitrogens with one attached hydrogen (secondary N) is 1. The van der Waals surface area contributed by atoms with Crippen molar-refractivity contribution in [2.24, 2.45) is 5.73 Å². The third kappa shape index (κ3) is 2.43. The molecule has 0 aliphatic carbocycles. The molecule has 0 atom stereocenters. The lowest BCUT2D eigenvalue weighted by molar-refractivity contribution is 0.1000. The molecule has 1 aromatic heterocycles. The Morgan fingerprint density at radius 2 is 2.18 bits per heavy atom. The van der Waals surface area contributed by atoms with Crippen LogP contribution in [0.1, 0.15) is 39.4 Å². The van der Waals surface area contributed by atoms with Crippen molar-refractivity contribution in [3.05, 3.63) is 40.4 Å². The number of rotatable bonds is 3. The van der Waals surface area contributed by atoms with Crippen molar-refractivity contribution < 1.29 is 14.3 Å². The number of para-hydroxylation sites is 1. The summed E-state index contributed by atoms with van der Waals surface area (Å²) in [4.78, 5) is 27.7. The van der Waals surface area contributed by atoms with E-state index in [-0.39, 0.29) is 11.3 Å². The van der Waals surface area contributed by atoms with Crippen molar-refractivity contribution in [3.63, 3.8) is 0 Å². The Balaban J connectivity index is 1.87. The molecule has 0 radical (unpaired) electrons. The molecule has 0 fully saturated rings. The van der Waals surface area contributed by atoms with Gasteiger partial charge in [0.2, 0.25) is 0 Å². The van der Waals surface area contributed by atoms with Crippen molar-refractivity contribution in [3.8, 4) is 5.75 Å². The summed E-state index contributed by atoms with van der Waals surface area (Å²) in [5.74, 6) is -0.278. The second-order valence-electron chi connectivity index (χ2n) is 5.70. The molecule has 6 nitrogen and oxygen atoms in total. The van der Waals surface area contributed by atoms with Gasteiger partial charge >= 0.3 is 0 Å². The number of carbonyl (C=O) groups excluding carboxylic acids is 2. The van der Waals surface area contributed by atoms with Gasteiger partial charge in [0.05, 0.1) is 18.4 Å². The van der Waals surface area contributed by atoms with Crippen LogP contribution in [0.3, 0.4) is 0 Å². The fourth-order valence-corrected chi connectivity index (χ4v) is 3.01. The van der Waals surface area contributed by atoms with Crippen LogP contribution >= 0.6 is 11.3 Å². The summed E-state index contributed by atoms with van der Waals surface area (Å²) in [6, 6.07) is 5.51. The van der Waals surface area contributed by atoms with Gasteiger partial charge in [0, 0.05) is 11.0 Å². The Hall–Kier alpha value is -2.41. The monoisotopic (exact) mass is 317 g/mol. The second kappa shape index (κ2) is 5.10. The van der Waals surface area contributed by atoms with E-state index < -0.39 is 5.91 Å². The first kappa shape index (κ1) is 14.5. The minimum Gasteiger partial charge on any atom is -0.492 e. The molecule has 2 amide bonds. The van der Waals surface area contributed by atoms with E-state index in [1.54, 1.807) is 6.07 Å². The van der Waals surface area contributed by atoms with E-state index in [0.29, 0.717) is 27.9 Å². The Morgan fingerprint density at radius 1 is 1.41 bits per heavy atom. The SMILES string of the molecule is CC1(C)COc2c(C(=O)Nc3ncc(C(N)=O)s3)cccc21. The van der Waals surface area contributed by atoms with Crippen LogP contribution < -0.4 is 15.8 Å². The van der Waals surface area contributed by atoms with Gasteiger partial charge in [-0.25, -0.2) is 4.98 Å². The van der Waals surface area contributed by atoms with Gasteiger partial charge in [-0.3, -0.25) is 14.9 Å². The number of hydrogen-bond donors (Lipinski definition) is 2. The minimum atomic E-state index is -0.566. The van der Waals surface area contributed by atoms with E-state index in [0.717, 1.165) is 16.9 Å². The van der Waals surface area contributed by atoms with E-state index in [9.17, 15) is 9.59 Å². The summed E-state index contributed by atoms with van der Waals surface area (Å²) >= 11 is 1.04. The lowest BCUT2D eigenvalue weighted by atomic mass is 9.86. The van der Waals surface area contributed by atoms with Crippen LogP contribution in [-0.4, -0.2) is 23.4 Å². The molecule has 0 spiro atoms. The molecular weight excluding hydrogens is 302 g/mol. The van der Waals surface area contributed by atoms with Crippen molar-refractivity contribution in [2.45, 2.75) is 19.3 Å². The zero-order chi connectivity index (χ0) is 15.9. The summed E-state index contributed by atoms with van der Waals surface area (Å²) in [6.45, 7) is 4.68. The molecule has 0 bridgehead atoms. The summed E-state index contributed by atoms with van der Waals surface area (Å²) in [7, 11) is 0. The number of amides is 2. The van der Waals surface area contributed by atoms with Gasteiger partial charge in [-0.05, 0) is 6.07 Å². The quantitative estimate of drug-likeness (QED) is 0.907. The van der Waals surface area contributed by atoms with Gasteiger partial charge in [-0.15, -0.1) is 0 Å². The van der Waals surface area contributed by atoms with E-state index >= 15 is 0 Å². The van der Waals surface area contributed by atoms with Crippen LogP contribution in [0.2, 0.25) is 0 Å². The first-order valence-corrected chi connectivity index (χ1v) is 7.53. The van der Waals surface area contributed by atoms with Crippen LogP contribution in [0.5, 0.6) is 5.75 Å². The molecule has 1 aliphatic rings. The maximum atomic E-state index is 12.4. The van der Waals surface area contributed by atoms with Crippen molar-refractivity contribution in [2.75, 3.05) is 11.9 Å². The first-order valence-electron chi connectivity index (χ1n) is 6.72. The topological polar surface area (TPSA) is 94.3 Å². The largest absolute Gasteiger partial charge is 0.492 e. The Morgan fingerprint density at radius 3 is 2.86 bits per heavy atom. The number of nitrogens with zero attached hydrogens (tertiary/aromatic N) is 1. The molecule has 114 valence electrons. The fraction of sp³-hybridized carbons (Fsp3) is 0.267. The zero-order valence-electron chi connectivity index (χ0n) is 12.2. The molecule has 1 aliphatic heterocycles. The zero-order valence-corrected chi connectivity index (χ0v) is 13.0. The number of anilines is 1. The van der Waals surface area contributed by atoms with Gasteiger partial charge in [0.25, 0.3) is 11.8 Å². The fourth-order valence-electron chi connectivity index (χ4n) is 2.34. The lowest BCUT2D eigenvalue weighted by Crippen LogP contribution is -2.18. The summed E-state index contributed by atoms with van der Waals surface area (Å²) in [5, 5.41) is 3.00. The first-order chi connectivity index (χ1) is 10.4. The maximum Gasteiger partial charge on any atom is 0.261 e. The van der Waals surface area contributed by atoms with Gasteiger partial charge in [-0.1, -0.05) is 37.3 Å². The predicted octanol–water partition coefficient (Wildman–Crippen LogP) is 2.16. The minimum absolute atomic E-state index is 0.119. The molecule has 22 heavy (non-hydrogen) atoms. The highest BCUT2D eigenvalue weighted by atomic mass is 32.1. The predicted molar refractivity (Wildman–Crippen MR) is 83.5 cm³/mol. The van der Waals surface area contributed by atoms with E-state index in [2.05, 4.69) is 24.1 Å². The molecule has 0 saturated heterocycles. The smallest absolute Gasteiger partial charge is 0.261 e. The number of benzene rings is 1. The van der Waals surface area contributed by atoms with E-state index in [1.165, 1.54) is 6.20 Å². The van der Waals surface area contributed by atoms with Gasteiger partial charge in [0.1, 0.15) is 10.6 Å². The van der Waals surface area contributed by atoms with Crippen LogP contribution in [0.15, 0.2) is 24.4 Å². The van der Waals surface area contributed by atoms with E-state index in [4.69, 9.17) is 10.5 Å². The normalized spacial score (nSPS) is 15.0. The molecule has 1 aromatic carbocycles. The Bertz CT molecular complexity index is 767. The van der Waals surface area contributed by atoms with Crippen LogP contribution in [0, 0.1) is 0 Å². The number of primary amides is 1. The number of thiazole rings is 1. The van der Waals surface area contributed by atoms with Gasteiger partial charge in [-0.2, -0.15) is 0 Å². The van der Waals surface area contributed by atoms with Gasteiger partial charge < -0.3 is 10.5 Å². The maximum absolute atomic E-state index is 12.4. The second-order valence-corrected chi connectivity index (χ2v) is 6.73. The number of nitrogens with two attached hydrogens (primary N) is 1.